The molecule has 0 radical (unpaired) electrons. The molecule has 4 N–H and O–H groups in total. The highest BCUT2D eigenvalue weighted by molar-refractivity contribution is 5.82. The maximum Gasteiger partial charge on any atom is 0.281 e. The van der Waals surface area contributed by atoms with Crippen LogP contribution in [-0.4, -0.2) is 28.5 Å². The van der Waals surface area contributed by atoms with Crippen molar-refractivity contribution in [2.75, 3.05) is 6.54 Å². The van der Waals surface area contributed by atoms with E-state index < -0.39 is 0 Å². The molecule has 1 aliphatic heterocycles. The molecule has 2 rings (SSSR count). The van der Waals surface area contributed by atoms with Gasteiger partial charge in [-0.15, -0.1) is 0 Å². The summed E-state index contributed by atoms with van der Waals surface area (Å²) in [4.78, 5) is 13.4. The molecule has 1 amide bonds. The van der Waals surface area contributed by atoms with Gasteiger partial charge in [0.2, 0.25) is 0 Å². The number of nitriles is 1. The number of halogens is 1. The second-order valence-electron chi connectivity index (χ2n) is 4.20. The monoisotopic (exact) mass is 267 g/mol. The number of rotatable bonds is 2. The second kappa shape index (κ2) is 5.71. The molecule has 1 atom stereocenters. The molecule has 5 nitrogen and oxygen atoms in total. The van der Waals surface area contributed by atoms with Gasteiger partial charge in [0.25, 0.3) is 5.91 Å². The van der Waals surface area contributed by atoms with Crippen LogP contribution < -0.4 is 18.1 Å². The highest BCUT2D eigenvalue weighted by Gasteiger charge is 2.31. The summed E-state index contributed by atoms with van der Waals surface area (Å²) in [5, 5.41) is 18.5. The first kappa shape index (κ1) is 14.3. The molecule has 1 aliphatic rings. The van der Waals surface area contributed by atoms with Crippen LogP contribution in [0.4, 0.5) is 0 Å². The molecular formula is C12H14ClN3O2. The molecule has 0 aromatic heterocycles. The molecule has 96 valence electrons. The number of phenols is 1. The molecule has 1 saturated heterocycles. The third kappa shape index (κ3) is 2.73. The van der Waals surface area contributed by atoms with Crippen LogP contribution in [0.15, 0.2) is 18.2 Å². The average Bonchev–Trinajstić information content (AvgIpc) is 2.64. The fraction of sp³-hybridized carbons (Fsp3) is 0.333. The Labute approximate surface area is 111 Å². The Morgan fingerprint density at radius 3 is 2.83 bits per heavy atom. The van der Waals surface area contributed by atoms with Crippen LogP contribution in [0.5, 0.6) is 5.75 Å². The Balaban J connectivity index is 0.00000162. The summed E-state index contributed by atoms with van der Waals surface area (Å²) in [6.07, 6.45) is 0.748. The van der Waals surface area contributed by atoms with Crippen LogP contribution in [0.3, 0.4) is 0 Å². The largest absolute Gasteiger partial charge is 1.00 e. The van der Waals surface area contributed by atoms with E-state index in [-0.39, 0.29) is 30.1 Å². The lowest BCUT2D eigenvalue weighted by Gasteiger charge is -2.16. The molecule has 0 spiro atoms. The van der Waals surface area contributed by atoms with Crippen LogP contribution in [0.2, 0.25) is 0 Å². The molecule has 0 bridgehead atoms. The lowest BCUT2D eigenvalue weighted by molar-refractivity contribution is -0.401. The van der Waals surface area contributed by atoms with Crippen molar-refractivity contribution in [1.29, 1.82) is 5.26 Å². The van der Waals surface area contributed by atoms with E-state index in [1.807, 2.05) is 6.07 Å². The van der Waals surface area contributed by atoms with Crippen molar-refractivity contribution < 1.29 is 28.0 Å². The molecule has 6 heteroatoms. The second-order valence-corrected chi connectivity index (χ2v) is 4.20. The molecule has 0 saturated carbocycles. The predicted molar refractivity (Wildman–Crippen MR) is 59.5 cm³/mol. The average molecular weight is 268 g/mol. The van der Waals surface area contributed by atoms with E-state index in [0.29, 0.717) is 24.2 Å². The standard InChI is InChI=1S/C12H13N3O2.ClH/c13-6-8-1-2-11(16)9(5-8)7-15-4-3-10(14)12(15)17;/h1-2,5,10,16H,3-4,7,14H2;1H/t10-;/m0./s1. The number of nitrogens with zero attached hydrogens (tertiary/aromatic N) is 2. The Kier molecular flexibility index (Phi) is 4.54. The topological polar surface area (TPSA) is 92.0 Å². The quantitative estimate of drug-likeness (QED) is 0.585. The van der Waals surface area contributed by atoms with Crippen molar-refractivity contribution >= 4 is 5.91 Å². The highest BCUT2D eigenvalue weighted by atomic mass is 35.5. The van der Waals surface area contributed by atoms with E-state index >= 15 is 0 Å². The SMILES string of the molecule is N#Cc1ccc(O)c(CN2CC[C@H]([NH3+])C2=O)c1.[Cl-]. The molecule has 0 unspecified atom stereocenters. The molecule has 1 aromatic carbocycles. The third-order valence-corrected chi connectivity index (χ3v) is 2.98. The minimum atomic E-state index is -0.184. The van der Waals surface area contributed by atoms with Crippen molar-refractivity contribution in [3.8, 4) is 11.8 Å². The van der Waals surface area contributed by atoms with E-state index in [2.05, 4.69) is 5.73 Å². The summed E-state index contributed by atoms with van der Waals surface area (Å²) in [6, 6.07) is 6.47. The fourth-order valence-electron chi connectivity index (χ4n) is 1.95. The first-order valence-corrected chi connectivity index (χ1v) is 5.45. The van der Waals surface area contributed by atoms with Crippen molar-refractivity contribution in [2.24, 2.45) is 0 Å². The van der Waals surface area contributed by atoms with Crippen molar-refractivity contribution in [3.05, 3.63) is 29.3 Å². The van der Waals surface area contributed by atoms with E-state index in [1.165, 1.54) is 6.07 Å². The lowest BCUT2D eigenvalue weighted by Crippen LogP contribution is -3.00. The smallest absolute Gasteiger partial charge is 0.281 e. The number of aromatic hydroxyl groups is 1. The van der Waals surface area contributed by atoms with Crippen molar-refractivity contribution in [3.63, 3.8) is 0 Å². The minimum Gasteiger partial charge on any atom is -1.00 e. The predicted octanol–water partition coefficient (Wildman–Crippen LogP) is -3.39. The summed E-state index contributed by atoms with van der Waals surface area (Å²) >= 11 is 0. The van der Waals surface area contributed by atoms with E-state index in [0.717, 1.165) is 6.42 Å². The van der Waals surface area contributed by atoms with Gasteiger partial charge in [0.1, 0.15) is 5.75 Å². The molecule has 1 heterocycles. The summed E-state index contributed by atoms with van der Waals surface area (Å²) in [5.74, 6) is 0.121. The Morgan fingerprint density at radius 2 is 2.28 bits per heavy atom. The number of benzene rings is 1. The van der Waals surface area contributed by atoms with Gasteiger partial charge in [-0.25, -0.2) is 0 Å². The van der Waals surface area contributed by atoms with Gasteiger partial charge in [0, 0.05) is 25.1 Å². The van der Waals surface area contributed by atoms with Crippen LogP contribution in [0.25, 0.3) is 0 Å². The summed E-state index contributed by atoms with van der Waals surface area (Å²) in [5.41, 5.74) is 4.85. The van der Waals surface area contributed by atoms with Gasteiger partial charge in [0.15, 0.2) is 6.04 Å². The number of likely N-dealkylation sites (tertiary alicyclic amines) is 1. The van der Waals surface area contributed by atoms with Crippen molar-refractivity contribution in [1.82, 2.24) is 4.90 Å². The number of hydrogen-bond acceptors (Lipinski definition) is 3. The minimum absolute atomic E-state index is 0. The van der Waals surface area contributed by atoms with Gasteiger partial charge < -0.3 is 28.1 Å². The number of carbonyl (C=O) groups excluding carboxylic acids is 1. The Bertz CT molecular complexity index is 499. The maximum atomic E-state index is 11.7. The van der Waals surface area contributed by atoms with E-state index in [9.17, 15) is 9.90 Å². The normalized spacial score (nSPS) is 18.3. The number of carbonyl (C=O) groups is 1. The third-order valence-electron chi connectivity index (χ3n) is 2.98. The fourth-order valence-corrected chi connectivity index (χ4v) is 1.95. The molecule has 1 fully saturated rings. The van der Waals surface area contributed by atoms with Crippen LogP contribution in [-0.2, 0) is 11.3 Å². The van der Waals surface area contributed by atoms with Gasteiger partial charge >= 0.3 is 0 Å². The molecule has 1 aromatic rings. The first-order chi connectivity index (χ1) is 8.11. The van der Waals surface area contributed by atoms with Gasteiger partial charge in [-0.3, -0.25) is 4.79 Å². The van der Waals surface area contributed by atoms with Crippen LogP contribution >= 0.6 is 0 Å². The number of phenolic OH excluding ortho intramolecular Hbond substituents is 1. The number of quaternary nitrogens is 1. The van der Waals surface area contributed by atoms with Gasteiger partial charge in [-0.2, -0.15) is 5.26 Å². The Hall–Kier alpha value is -1.77. The molecule has 18 heavy (non-hydrogen) atoms. The number of amides is 1. The summed E-state index contributed by atoms with van der Waals surface area (Å²) in [7, 11) is 0. The molecular weight excluding hydrogens is 254 g/mol. The number of hydrogen-bond donors (Lipinski definition) is 2. The molecule has 0 aliphatic carbocycles. The Morgan fingerprint density at radius 1 is 1.56 bits per heavy atom. The zero-order valence-corrected chi connectivity index (χ0v) is 10.5. The van der Waals surface area contributed by atoms with Crippen molar-refractivity contribution in [2.45, 2.75) is 19.0 Å². The maximum absolute atomic E-state index is 11.7. The van der Waals surface area contributed by atoms with Gasteiger partial charge in [0.05, 0.1) is 11.6 Å². The summed E-state index contributed by atoms with van der Waals surface area (Å²) in [6.45, 7) is 0.995. The first-order valence-electron chi connectivity index (χ1n) is 5.45. The van der Waals surface area contributed by atoms with Gasteiger partial charge in [-0.1, -0.05) is 0 Å². The van der Waals surface area contributed by atoms with Crippen LogP contribution in [0, 0.1) is 11.3 Å². The zero-order valence-electron chi connectivity index (χ0n) is 9.77. The van der Waals surface area contributed by atoms with Gasteiger partial charge in [-0.05, 0) is 18.2 Å². The van der Waals surface area contributed by atoms with E-state index in [1.54, 1.807) is 17.0 Å². The van der Waals surface area contributed by atoms with E-state index in [4.69, 9.17) is 5.26 Å². The van der Waals surface area contributed by atoms with Crippen LogP contribution in [0.1, 0.15) is 17.5 Å². The zero-order chi connectivity index (χ0) is 12.4. The highest BCUT2D eigenvalue weighted by Crippen LogP contribution is 2.22. The lowest BCUT2D eigenvalue weighted by atomic mass is 10.1. The summed E-state index contributed by atoms with van der Waals surface area (Å²) < 4.78 is 0.